The SMILES string of the molecule is COC(=O)c1ccc2c(c1F)C(NC(=O)OCc1ccccc1)[C@@H](C)C(C1CC1)N2. The van der Waals surface area contributed by atoms with Gasteiger partial charge in [0.1, 0.15) is 12.4 Å². The van der Waals surface area contributed by atoms with Crippen molar-refractivity contribution in [3.8, 4) is 0 Å². The molecule has 4 rings (SSSR count). The fourth-order valence-electron chi connectivity index (χ4n) is 4.17. The second-order valence-electron chi connectivity index (χ2n) is 7.93. The number of carbonyl (C=O) groups excluding carboxylic acids is 2. The molecule has 1 aliphatic carbocycles. The molecule has 2 aliphatic rings. The average Bonchev–Trinajstić information content (AvgIpc) is 3.59. The van der Waals surface area contributed by atoms with Crippen LogP contribution >= 0.6 is 0 Å². The van der Waals surface area contributed by atoms with Crippen LogP contribution < -0.4 is 10.6 Å². The zero-order chi connectivity index (χ0) is 21.3. The lowest BCUT2D eigenvalue weighted by atomic mass is 9.81. The average molecular weight is 412 g/mol. The number of hydrogen-bond acceptors (Lipinski definition) is 5. The van der Waals surface area contributed by atoms with Gasteiger partial charge in [0, 0.05) is 23.2 Å². The van der Waals surface area contributed by atoms with Crippen molar-refractivity contribution in [3.05, 3.63) is 65.0 Å². The number of fused-ring (bicyclic) bond motifs is 1. The third-order valence-corrected chi connectivity index (χ3v) is 5.93. The summed E-state index contributed by atoms with van der Waals surface area (Å²) >= 11 is 0. The van der Waals surface area contributed by atoms with Gasteiger partial charge in [-0.05, 0) is 36.5 Å². The molecule has 1 heterocycles. The van der Waals surface area contributed by atoms with Gasteiger partial charge >= 0.3 is 12.1 Å². The molecule has 1 saturated carbocycles. The predicted molar refractivity (Wildman–Crippen MR) is 110 cm³/mol. The lowest BCUT2D eigenvalue weighted by Crippen LogP contribution is -2.45. The Kier molecular flexibility index (Phi) is 5.61. The fraction of sp³-hybridized carbons (Fsp3) is 0.391. The van der Waals surface area contributed by atoms with Crippen LogP contribution in [0.2, 0.25) is 0 Å². The third-order valence-electron chi connectivity index (χ3n) is 5.93. The molecule has 1 amide bonds. The monoisotopic (exact) mass is 412 g/mol. The number of benzene rings is 2. The molecule has 1 fully saturated rings. The lowest BCUT2D eigenvalue weighted by molar-refractivity contribution is 0.0595. The third kappa shape index (κ3) is 3.97. The van der Waals surface area contributed by atoms with Crippen molar-refractivity contribution in [2.45, 2.75) is 38.5 Å². The summed E-state index contributed by atoms with van der Waals surface area (Å²) in [5.74, 6) is -1.03. The van der Waals surface area contributed by atoms with Gasteiger partial charge in [0.15, 0.2) is 0 Å². The second kappa shape index (κ2) is 8.34. The molecular formula is C23H25FN2O4. The maximum absolute atomic E-state index is 15.3. The summed E-state index contributed by atoms with van der Waals surface area (Å²) in [6.07, 6.45) is 1.58. The molecule has 2 unspecified atom stereocenters. The lowest BCUT2D eigenvalue weighted by Gasteiger charge is -2.39. The molecule has 1 aliphatic heterocycles. The number of methoxy groups -OCH3 is 1. The first-order valence-electron chi connectivity index (χ1n) is 10.1. The van der Waals surface area contributed by atoms with E-state index in [0.717, 1.165) is 18.4 Å². The van der Waals surface area contributed by atoms with E-state index < -0.39 is 23.9 Å². The van der Waals surface area contributed by atoms with Crippen LogP contribution in [0.1, 0.15) is 47.3 Å². The van der Waals surface area contributed by atoms with Crippen LogP contribution in [0.15, 0.2) is 42.5 Å². The summed E-state index contributed by atoms with van der Waals surface area (Å²) in [6.45, 7) is 2.10. The number of alkyl carbamates (subject to hydrolysis) is 1. The topological polar surface area (TPSA) is 76.7 Å². The van der Waals surface area contributed by atoms with Crippen LogP contribution in [-0.4, -0.2) is 25.2 Å². The highest BCUT2D eigenvalue weighted by Gasteiger charge is 2.44. The van der Waals surface area contributed by atoms with E-state index in [4.69, 9.17) is 9.47 Å². The van der Waals surface area contributed by atoms with E-state index in [1.165, 1.54) is 13.2 Å². The molecule has 158 valence electrons. The summed E-state index contributed by atoms with van der Waals surface area (Å²) in [5, 5.41) is 6.25. The second-order valence-corrected chi connectivity index (χ2v) is 7.93. The van der Waals surface area contributed by atoms with Gasteiger partial charge in [-0.3, -0.25) is 0 Å². The molecule has 7 heteroatoms. The number of halogens is 1. The number of carbonyl (C=O) groups is 2. The summed E-state index contributed by atoms with van der Waals surface area (Å²) in [6, 6.07) is 11.9. The van der Waals surface area contributed by atoms with Crippen molar-refractivity contribution in [1.29, 1.82) is 0 Å². The first-order valence-corrected chi connectivity index (χ1v) is 10.1. The van der Waals surface area contributed by atoms with Gasteiger partial charge in [-0.15, -0.1) is 0 Å². The van der Waals surface area contributed by atoms with Crippen molar-refractivity contribution in [1.82, 2.24) is 5.32 Å². The molecule has 0 bridgehead atoms. The van der Waals surface area contributed by atoms with Gasteiger partial charge in [-0.25, -0.2) is 14.0 Å². The van der Waals surface area contributed by atoms with E-state index in [1.807, 2.05) is 37.3 Å². The summed E-state index contributed by atoms with van der Waals surface area (Å²) in [4.78, 5) is 24.5. The number of hydrogen-bond donors (Lipinski definition) is 2. The Bertz CT molecular complexity index is 946. The van der Waals surface area contributed by atoms with Crippen LogP contribution in [0, 0.1) is 17.7 Å². The Morgan fingerprint density at radius 3 is 2.57 bits per heavy atom. The number of esters is 1. The van der Waals surface area contributed by atoms with Crippen LogP contribution in [0.3, 0.4) is 0 Å². The molecule has 30 heavy (non-hydrogen) atoms. The number of rotatable bonds is 5. The highest BCUT2D eigenvalue weighted by molar-refractivity contribution is 5.91. The Balaban J connectivity index is 1.60. The van der Waals surface area contributed by atoms with E-state index in [0.29, 0.717) is 11.6 Å². The van der Waals surface area contributed by atoms with Gasteiger partial charge in [0.05, 0.1) is 18.7 Å². The minimum absolute atomic E-state index is 0.0864. The summed E-state index contributed by atoms with van der Waals surface area (Å²) in [5.41, 5.74) is 1.56. The van der Waals surface area contributed by atoms with E-state index in [9.17, 15) is 9.59 Å². The van der Waals surface area contributed by atoms with E-state index in [2.05, 4.69) is 10.6 Å². The molecule has 6 nitrogen and oxygen atoms in total. The van der Waals surface area contributed by atoms with Crippen LogP contribution in [0.4, 0.5) is 14.9 Å². The van der Waals surface area contributed by atoms with E-state index in [1.54, 1.807) is 6.07 Å². The largest absolute Gasteiger partial charge is 0.465 e. The molecular weight excluding hydrogens is 387 g/mol. The summed E-state index contributed by atoms with van der Waals surface area (Å²) < 4.78 is 25.4. The van der Waals surface area contributed by atoms with Gasteiger partial charge in [-0.2, -0.15) is 0 Å². The zero-order valence-electron chi connectivity index (χ0n) is 17.0. The van der Waals surface area contributed by atoms with Crippen molar-refractivity contribution in [2.75, 3.05) is 12.4 Å². The van der Waals surface area contributed by atoms with E-state index >= 15 is 4.39 Å². The maximum atomic E-state index is 15.3. The van der Waals surface area contributed by atoms with Crippen molar-refractivity contribution < 1.29 is 23.5 Å². The summed E-state index contributed by atoms with van der Waals surface area (Å²) in [7, 11) is 1.21. The normalized spacial score (nSPS) is 22.4. The molecule has 2 aromatic carbocycles. The molecule has 3 atom stereocenters. The van der Waals surface area contributed by atoms with Crippen molar-refractivity contribution in [3.63, 3.8) is 0 Å². The number of ether oxygens (including phenoxy) is 2. The Morgan fingerprint density at radius 2 is 1.90 bits per heavy atom. The molecule has 0 saturated heterocycles. The molecule has 0 aromatic heterocycles. The maximum Gasteiger partial charge on any atom is 0.407 e. The minimum Gasteiger partial charge on any atom is -0.465 e. The van der Waals surface area contributed by atoms with Gasteiger partial charge in [0.25, 0.3) is 0 Å². The fourth-order valence-corrected chi connectivity index (χ4v) is 4.17. The Labute approximate surface area is 174 Å². The Morgan fingerprint density at radius 1 is 1.17 bits per heavy atom. The molecule has 2 aromatic rings. The van der Waals surface area contributed by atoms with Crippen LogP contribution in [0.5, 0.6) is 0 Å². The quantitative estimate of drug-likeness (QED) is 0.711. The number of amides is 1. The first kappa shape index (κ1) is 20.2. The number of nitrogens with one attached hydrogen (secondary N) is 2. The molecule has 0 spiro atoms. The smallest absolute Gasteiger partial charge is 0.407 e. The van der Waals surface area contributed by atoms with E-state index in [-0.39, 0.29) is 29.7 Å². The van der Waals surface area contributed by atoms with Gasteiger partial charge < -0.3 is 20.1 Å². The Hall–Kier alpha value is -3.09. The highest BCUT2D eigenvalue weighted by atomic mass is 19.1. The van der Waals surface area contributed by atoms with Crippen molar-refractivity contribution in [2.24, 2.45) is 11.8 Å². The predicted octanol–water partition coefficient (Wildman–Crippen LogP) is 4.42. The van der Waals surface area contributed by atoms with Gasteiger partial charge in [0.2, 0.25) is 0 Å². The molecule has 0 radical (unpaired) electrons. The van der Waals surface area contributed by atoms with Crippen LogP contribution in [0.25, 0.3) is 0 Å². The minimum atomic E-state index is -0.752. The first-order chi connectivity index (χ1) is 14.5. The molecule has 2 N–H and O–H groups in total. The van der Waals surface area contributed by atoms with Crippen molar-refractivity contribution >= 4 is 17.7 Å². The number of anilines is 1. The van der Waals surface area contributed by atoms with Crippen LogP contribution in [-0.2, 0) is 16.1 Å². The standard InChI is InChI=1S/C23H25FN2O4/c1-13-20(15-8-9-15)25-17-11-10-16(22(27)29-2)19(24)18(17)21(13)26-23(28)30-12-14-6-4-3-5-7-14/h3-7,10-11,13,15,20-21,25H,8-9,12H2,1-2H3,(H,26,28)/t13-,20?,21?/m0/s1. The highest BCUT2D eigenvalue weighted by Crippen LogP contribution is 2.46. The zero-order valence-corrected chi connectivity index (χ0v) is 17.0. The van der Waals surface area contributed by atoms with Gasteiger partial charge in [-0.1, -0.05) is 37.3 Å².